The molecule has 5 heteroatoms. The summed E-state index contributed by atoms with van der Waals surface area (Å²) in [5.41, 5.74) is 0.768. The first-order valence-electron chi connectivity index (χ1n) is 6.00. The van der Waals surface area contributed by atoms with E-state index in [0.29, 0.717) is 5.75 Å². The normalized spacial score (nSPS) is 10.3. The first kappa shape index (κ1) is 14.9. The Bertz CT molecular complexity index is 584. The number of phenols is 1. The minimum atomic E-state index is 0.0172. The van der Waals surface area contributed by atoms with E-state index in [1.165, 1.54) is 11.8 Å². The second kappa shape index (κ2) is 6.81. The van der Waals surface area contributed by atoms with Gasteiger partial charge >= 0.3 is 0 Å². The highest BCUT2D eigenvalue weighted by molar-refractivity contribution is 9.10. The van der Waals surface area contributed by atoms with Crippen LogP contribution >= 0.6 is 27.7 Å². The molecule has 0 radical (unpaired) electrons. The summed E-state index contributed by atoms with van der Waals surface area (Å²) in [5, 5.41) is 9.24. The van der Waals surface area contributed by atoms with Crippen LogP contribution in [0.25, 0.3) is 0 Å². The van der Waals surface area contributed by atoms with Crippen molar-refractivity contribution in [2.24, 2.45) is 0 Å². The molecule has 1 N–H and O–H groups in total. The van der Waals surface area contributed by atoms with E-state index in [2.05, 4.69) is 15.9 Å². The molecule has 0 aromatic heterocycles. The van der Waals surface area contributed by atoms with Gasteiger partial charge in [0.15, 0.2) is 0 Å². The molecule has 0 bridgehead atoms. The zero-order valence-electron chi connectivity index (χ0n) is 10.9. The third-order valence-corrected chi connectivity index (χ3v) is 4.31. The average Bonchev–Trinajstić information content (AvgIpc) is 2.46. The van der Waals surface area contributed by atoms with Crippen molar-refractivity contribution in [2.75, 3.05) is 17.7 Å². The van der Waals surface area contributed by atoms with E-state index in [0.717, 1.165) is 15.1 Å². The molecule has 104 valence electrons. The number of aromatic hydroxyl groups is 1. The molecule has 0 atom stereocenters. The van der Waals surface area contributed by atoms with E-state index in [9.17, 15) is 9.90 Å². The third-order valence-electron chi connectivity index (χ3n) is 2.79. The van der Waals surface area contributed by atoms with E-state index >= 15 is 0 Å². The summed E-state index contributed by atoms with van der Waals surface area (Å²) in [7, 11) is 1.73. The molecule has 3 nitrogen and oxygen atoms in total. The van der Waals surface area contributed by atoms with Gasteiger partial charge in [0.2, 0.25) is 5.91 Å². The second-order valence-corrected chi connectivity index (χ2v) is 6.18. The molecule has 2 aromatic rings. The van der Waals surface area contributed by atoms with E-state index < -0.39 is 0 Å². The van der Waals surface area contributed by atoms with Crippen LogP contribution in [-0.4, -0.2) is 23.8 Å². The third kappa shape index (κ3) is 4.02. The molecule has 1 amide bonds. The maximum atomic E-state index is 12.1. The Kier molecular flexibility index (Phi) is 5.09. The van der Waals surface area contributed by atoms with Gasteiger partial charge in [0.1, 0.15) is 5.75 Å². The van der Waals surface area contributed by atoms with Gasteiger partial charge in [-0.25, -0.2) is 0 Å². The van der Waals surface area contributed by atoms with E-state index in [1.807, 2.05) is 24.3 Å². The van der Waals surface area contributed by atoms with Gasteiger partial charge in [0.05, 0.1) is 5.75 Å². The first-order valence-corrected chi connectivity index (χ1v) is 7.78. The molecule has 20 heavy (non-hydrogen) atoms. The monoisotopic (exact) mass is 351 g/mol. The van der Waals surface area contributed by atoms with Crippen molar-refractivity contribution in [2.45, 2.75) is 4.90 Å². The number of nitrogens with zero attached hydrogens (tertiary/aromatic N) is 1. The number of phenolic OH excluding ortho intramolecular Hbond substituents is 1. The number of carbonyl (C=O) groups is 1. The maximum Gasteiger partial charge on any atom is 0.237 e. The van der Waals surface area contributed by atoms with Crippen molar-refractivity contribution in [1.82, 2.24) is 0 Å². The summed E-state index contributed by atoms with van der Waals surface area (Å²) in [5.74, 6) is 0.585. The van der Waals surface area contributed by atoms with Crippen LogP contribution in [0.3, 0.4) is 0 Å². The minimum Gasteiger partial charge on any atom is -0.508 e. The predicted octanol–water partition coefficient (Wildman–Crippen LogP) is 3.91. The Morgan fingerprint density at radius 2 is 1.75 bits per heavy atom. The predicted molar refractivity (Wildman–Crippen MR) is 86.4 cm³/mol. The van der Waals surface area contributed by atoms with E-state index in [4.69, 9.17) is 0 Å². The topological polar surface area (TPSA) is 40.5 Å². The largest absolute Gasteiger partial charge is 0.508 e. The maximum absolute atomic E-state index is 12.1. The van der Waals surface area contributed by atoms with Crippen LogP contribution in [0.2, 0.25) is 0 Å². The molecule has 2 rings (SSSR count). The Morgan fingerprint density at radius 3 is 2.35 bits per heavy atom. The van der Waals surface area contributed by atoms with Gasteiger partial charge in [-0.05, 0) is 48.5 Å². The Labute approximate surface area is 130 Å². The van der Waals surface area contributed by atoms with Gasteiger partial charge < -0.3 is 10.0 Å². The molecular formula is C15H14BrNO2S. The molecule has 0 aliphatic rings. The van der Waals surface area contributed by atoms with Crippen molar-refractivity contribution in [3.8, 4) is 5.75 Å². The number of rotatable bonds is 4. The molecule has 0 fully saturated rings. The summed E-state index contributed by atoms with van der Waals surface area (Å²) < 4.78 is 1.02. The second-order valence-electron chi connectivity index (χ2n) is 4.21. The van der Waals surface area contributed by atoms with Crippen molar-refractivity contribution in [3.63, 3.8) is 0 Å². The highest BCUT2D eigenvalue weighted by Gasteiger charge is 2.11. The number of amides is 1. The number of hydrogen-bond acceptors (Lipinski definition) is 3. The summed E-state index contributed by atoms with van der Waals surface area (Å²) >= 11 is 4.88. The van der Waals surface area contributed by atoms with Crippen molar-refractivity contribution >= 4 is 39.3 Å². The van der Waals surface area contributed by atoms with Crippen molar-refractivity contribution in [1.29, 1.82) is 0 Å². The molecule has 0 aliphatic carbocycles. The lowest BCUT2D eigenvalue weighted by Gasteiger charge is -2.17. The highest BCUT2D eigenvalue weighted by atomic mass is 79.9. The van der Waals surface area contributed by atoms with Crippen LogP contribution < -0.4 is 4.90 Å². The molecule has 0 aliphatic heterocycles. The number of benzene rings is 2. The fourth-order valence-electron chi connectivity index (χ4n) is 1.59. The Hall–Kier alpha value is -1.46. The summed E-state index contributed by atoms with van der Waals surface area (Å²) in [6.45, 7) is 0. The van der Waals surface area contributed by atoms with Crippen LogP contribution in [-0.2, 0) is 4.79 Å². The lowest BCUT2D eigenvalue weighted by molar-refractivity contribution is -0.115. The van der Waals surface area contributed by atoms with Crippen LogP contribution in [0.5, 0.6) is 5.75 Å². The smallest absolute Gasteiger partial charge is 0.237 e. The lowest BCUT2D eigenvalue weighted by atomic mass is 10.3. The zero-order chi connectivity index (χ0) is 14.5. The molecule has 0 saturated carbocycles. The fraction of sp³-hybridized carbons (Fsp3) is 0.133. The molecule has 0 heterocycles. The minimum absolute atomic E-state index is 0.0172. The lowest BCUT2D eigenvalue weighted by Crippen LogP contribution is -2.27. The summed E-state index contributed by atoms with van der Waals surface area (Å²) in [6, 6.07) is 14.4. The zero-order valence-corrected chi connectivity index (χ0v) is 13.3. The Balaban J connectivity index is 1.94. The quantitative estimate of drug-likeness (QED) is 0.849. The van der Waals surface area contributed by atoms with Crippen LogP contribution in [0.1, 0.15) is 0 Å². The van der Waals surface area contributed by atoms with Crippen molar-refractivity contribution < 1.29 is 9.90 Å². The van der Waals surface area contributed by atoms with Gasteiger partial charge in [-0.3, -0.25) is 4.79 Å². The fourth-order valence-corrected chi connectivity index (χ4v) is 2.67. The summed E-state index contributed by atoms with van der Waals surface area (Å²) in [4.78, 5) is 14.7. The molecule has 0 saturated heterocycles. The van der Waals surface area contributed by atoms with E-state index in [1.54, 1.807) is 36.2 Å². The van der Waals surface area contributed by atoms with Crippen LogP contribution in [0.4, 0.5) is 5.69 Å². The van der Waals surface area contributed by atoms with Crippen LogP contribution in [0.15, 0.2) is 57.9 Å². The standard InChI is InChI=1S/C15H14BrNO2S/c1-17(12-4-6-13(18)7-5-12)15(19)10-20-14-8-2-11(16)3-9-14/h2-9,18H,10H2,1H3. The number of hydrogen-bond donors (Lipinski definition) is 1. The van der Waals surface area contributed by atoms with E-state index in [-0.39, 0.29) is 11.7 Å². The number of carbonyl (C=O) groups excluding carboxylic acids is 1. The van der Waals surface area contributed by atoms with Gasteiger partial charge in [-0.15, -0.1) is 11.8 Å². The molecule has 0 spiro atoms. The average molecular weight is 352 g/mol. The SMILES string of the molecule is CN(C(=O)CSc1ccc(Br)cc1)c1ccc(O)cc1. The van der Waals surface area contributed by atoms with Gasteiger partial charge in [0.25, 0.3) is 0 Å². The van der Waals surface area contributed by atoms with Gasteiger partial charge in [-0.1, -0.05) is 15.9 Å². The first-order chi connectivity index (χ1) is 9.56. The van der Waals surface area contributed by atoms with Crippen molar-refractivity contribution in [3.05, 3.63) is 53.0 Å². The van der Waals surface area contributed by atoms with Crippen LogP contribution in [0, 0.1) is 0 Å². The van der Waals surface area contributed by atoms with Gasteiger partial charge in [0, 0.05) is 22.1 Å². The number of thioether (sulfide) groups is 1. The Morgan fingerprint density at radius 1 is 1.15 bits per heavy atom. The number of halogens is 1. The molecule has 2 aromatic carbocycles. The molecule has 0 unspecified atom stereocenters. The highest BCUT2D eigenvalue weighted by Crippen LogP contribution is 2.22. The summed E-state index contributed by atoms with van der Waals surface area (Å²) in [6.07, 6.45) is 0. The number of anilines is 1. The molecular weight excluding hydrogens is 338 g/mol. The van der Waals surface area contributed by atoms with Gasteiger partial charge in [-0.2, -0.15) is 0 Å².